The van der Waals surface area contributed by atoms with Gasteiger partial charge in [0.2, 0.25) is 0 Å². The molecule has 1 aromatic heterocycles. The summed E-state index contributed by atoms with van der Waals surface area (Å²) in [5.74, 6) is -0.935. The van der Waals surface area contributed by atoms with Crippen LogP contribution >= 0.6 is 11.6 Å². The van der Waals surface area contributed by atoms with E-state index < -0.39 is 29.6 Å². The number of carbonyl (C=O) groups is 2. The molecule has 1 fully saturated rings. The lowest BCUT2D eigenvalue weighted by atomic mass is 10.1. The van der Waals surface area contributed by atoms with Crippen molar-refractivity contribution in [2.24, 2.45) is 5.92 Å². The highest BCUT2D eigenvalue weighted by atomic mass is 35.5. The fraction of sp³-hybridized carbons (Fsp3) is 0.400. The van der Waals surface area contributed by atoms with Gasteiger partial charge in [-0.05, 0) is 43.9 Å². The minimum absolute atomic E-state index is 0.0139. The summed E-state index contributed by atoms with van der Waals surface area (Å²) in [4.78, 5) is 35.4. The quantitative estimate of drug-likeness (QED) is 0.623. The molecule has 1 aromatic carbocycles. The third-order valence-corrected chi connectivity index (χ3v) is 5.15. The number of hydrogen-bond acceptors (Lipinski definition) is 5. The van der Waals surface area contributed by atoms with E-state index in [2.05, 4.69) is 20.8 Å². The van der Waals surface area contributed by atoms with E-state index in [1.807, 2.05) is 0 Å². The average Bonchev–Trinajstić information content (AvgIpc) is 3.54. The van der Waals surface area contributed by atoms with Gasteiger partial charge in [0.15, 0.2) is 5.69 Å². The number of hydrazine groups is 1. The number of hydrogen-bond donors (Lipinski definition) is 2. The molecule has 2 N–H and O–H groups in total. The molecule has 31 heavy (non-hydrogen) atoms. The van der Waals surface area contributed by atoms with Gasteiger partial charge in [-0.15, -0.1) is 0 Å². The van der Waals surface area contributed by atoms with Crippen LogP contribution in [-0.2, 0) is 6.18 Å². The summed E-state index contributed by atoms with van der Waals surface area (Å²) in [7, 11) is 1.51. The van der Waals surface area contributed by atoms with Crippen LogP contribution in [-0.4, -0.2) is 40.3 Å². The summed E-state index contributed by atoms with van der Waals surface area (Å²) in [6.45, 7) is 1.98. The van der Waals surface area contributed by atoms with E-state index in [1.54, 1.807) is 6.92 Å². The van der Waals surface area contributed by atoms with E-state index in [4.69, 9.17) is 11.6 Å². The second kappa shape index (κ2) is 9.19. The van der Waals surface area contributed by atoms with E-state index >= 15 is 0 Å². The number of halogens is 4. The maximum atomic E-state index is 13.3. The van der Waals surface area contributed by atoms with Crippen LogP contribution in [0.4, 0.5) is 13.2 Å². The van der Waals surface area contributed by atoms with Crippen molar-refractivity contribution in [3.63, 3.8) is 0 Å². The first kappa shape index (κ1) is 23.0. The van der Waals surface area contributed by atoms with Crippen molar-refractivity contribution in [2.45, 2.75) is 32.0 Å². The van der Waals surface area contributed by atoms with E-state index in [9.17, 15) is 22.8 Å². The summed E-state index contributed by atoms with van der Waals surface area (Å²) in [6.07, 6.45) is -0.0830. The SMILES string of the molecule is CNNC(=O)c1nccnc1C(C)N(CC1CC1)C(=O)c1cc(Cl)cc(C(F)(F)F)c1. The van der Waals surface area contributed by atoms with Crippen molar-refractivity contribution in [3.05, 3.63) is 58.1 Å². The van der Waals surface area contributed by atoms with Crippen LogP contribution in [0.25, 0.3) is 0 Å². The van der Waals surface area contributed by atoms with Crippen molar-refractivity contribution in [2.75, 3.05) is 13.6 Å². The lowest BCUT2D eigenvalue weighted by Crippen LogP contribution is -2.39. The van der Waals surface area contributed by atoms with Crippen LogP contribution in [0.1, 0.15) is 57.9 Å². The molecule has 2 amide bonds. The van der Waals surface area contributed by atoms with Gasteiger partial charge in [-0.3, -0.25) is 20.0 Å². The molecule has 1 atom stereocenters. The predicted molar refractivity (Wildman–Crippen MR) is 107 cm³/mol. The van der Waals surface area contributed by atoms with Crippen molar-refractivity contribution in [3.8, 4) is 0 Å². The molecule has 0 saturated heterocycles. The van der Waals surface area contributed by atoms with Crippen molar-refractivity contribution in [1.29, 1.82) is 0 Å². The lowest BCUT2D eigenvalue weighted by molar-refractivity contribution is -0.137. The van der Waals surface area contributed by atoms with Gasteiger partial charge in [0, 0.05) is 36.6 Å². The van der Waals surface area contributed by atoms with Crippen LogP contribution in [0.2, 0.25) is 5.02 Å². The molecule has 1 aliphatic carbocycles. The van der Waals surface area contributed by atoms with Gasteiger partial charge >= 0.3 is 6.18 Å². The summed E-state index contributed by atoms with van der Waals surface area (Å²) >= 11 is 5.87. The molecule has 0 radical (unpaired) electrons. The van der Waals surface area contributed by atoms with Gasteiger partial charge in [-0.25, -0.2) is 10.4 Å². The molecule has 3 rings (SSSR count). The molecule has 0 aliphatic heterocycles. The molecule has 0 spiro atoms. The Kier molecular flexibility index (Phi) is 6.80. The lowest BCUT2D eigenvalue weighted by Gasteiger charge is -2.30. The molecule has 1 unspecified atom stereocenters. The highest BCUT2D eigenvalue weighted by molar-refractivity contribution is 6.31. The van der Waals surface area contributed by atoms with Crippen LogP contribution in [0.15, 0.2) is 30.6 Å². The first-order valence-corrected chi connectivity index (χ1v) is 9.96. The Morgan fingerprint density at radius 1 is 1.23 bits per heavy atom. The zero-order chi connectivity index (χ0) is 22.8. The molecule has 166 valence electrons. The zero-order valence-electron chi connectivity index (χ0n) is 16.8. The highest BCUT2D eigenvalue weighted by Gasteiger charge is 2.35. The Bertz CT molecular complexity index is 982. The fourth-order valence-electron chi connectivity index (χ4n) is 3.19. The minimum Gasteiger partial charge on any atom is -0.330 e. The van der Waals surface area contributed by atoms with Crippen molar-refractivity contribution < 1.29 is 22.8 Å². The average molecular weight is 456 g/mol. The maximum Gasteiger partial charge on any atom is 0.416 e. The summed E-state index contributed by atoms with van der Waals surface area (Å²) in [5, 5.41) is -0.189. The second-order valence-corrected chi connectivity index (χ2v) is 7.73. The number of nitrogens with one attached hydrogen (secondary N) is 2. The number of alkyl halides is 3. The molecule has 7 nitrogen and oxygen atoms in total. The molecule has 1 heterocycles. The number of amides is 2. The molecular weight excluding hydrogens is 435 g/mol. The molecular formula is C20H21ClF3N5O2. The number of benzene rings is 1. The first-order valence-electron chi connectivity index (χ1n) is 9.58. The Hall–Kier alpha value is -2.72. The first-order chi connectivity index (χ1) is 14.6. The summed E-state index contributed by atoms with van der Waals surface area (Å²) in [6, 6.07) is 2.05. The van der Waals surface area contributed by atoms with Gasteiger partial charge in [0.1, 0.15) is 0 Å². The minimum atomic E-state index is -4.64. The predicted octanol–water partition coefficient (Wildman–Crippen LogP) is 3.63. The van der Waals surface area contributed by atoms with Gasteiger partial charge in [0.05, 0.1) is 17.3 Å². The van der Waals surface area contributed by atoms with Crippen molar-refractivity contribution >= 4 is 23.4 Å². The highest BCUT2D eigenvalue weighted by Crippen LogP contribution is 2.36. The Morgan fingerprint density at radius 2 is 1.90 bits per heavy atom. The van der Waals surface area contributed by atoms with Crippen molar-refractivity contribution in [1.82, 2.24) is 25.7 Å². The van der Waals surface area contributed by atoms with Gasteiger partial charge in [-0.2, -0.15) is 13.2 Å². The van der Waals surface area contributed by atoms with E-state index in [0.717, 1.165) is 25.0 Å². The van der Waals surface area contributed by atoms with Crippen LogP contribution in [0.3, 0.4) is 0 Å². The fourth-order valence-corrected chi connectivity index (χ4v) is 3.42. The number of aromatic nitrogens is 2. The third-order valence-electron chi connectivity index (χ3n) is 4.93. The Morgan fingerprint density at radius 3 is 2.52 bits per heavy atom. The topological polar surface area (TPSA) is 87.2 Å². The van der Waals surface area contributed by atoms with Crippen LogP contribution in [0.5, 0.6) is 0 Å². The van der Waals surface area contributed by atoms with E-state index in [0.29, 0.717) is 6.54 Å². The molecule has 2 aromatic rings. The van der Waals surface area contributed by atoms with Gasteiger partial charge < -0.3 is 4.90 Å². The molecule has 0 bridgehead atoms. The standard InChI is InChI=1S/C20H21ClF3N5O2/c1-11(16-17(18(30)28-25-2)27-6-5-26-16)29(10-12-3-4-12)19(31)13-7-14(20(22,23)24)9-15(21)8-13/h5-9,11-12,25H,3-4,10H2,1-2H3,(H,28,30). The number of carbonyl (C=O) groups excluding carboxylic acids is 2. The number of nitrogens with zero attached hydrogens (tertiary/aromatic N) is 3. The van der Waals surface area contributed by atoms with Crippen LogP contribution < -0.4 is 10.9 Å². The maximum absolute atomic E-state index is 13.3. The Balaban J connectivity index is 1.99. The molecule has 11 heteroatoms. The normalized spacial score (nSPS) is 14.8. The number of rotatable bonds is 7. The van der Waals surface area contributed by atoms with Crippen LogP contribution in [0, 0.1) is 5.92 Å². The summed E-state index contributed by atoms with van der Waals surface area (Å²) < 4.78 is 39.7. The second-order valence-electron chi connectivity index (χ2n) is 7.30. The van der Waals surface area contributed by atoms with E-state index in [-0.39, 0.29) is 27.9 Å². The molecule has 1 aliphatic rings. The molecule has 1 saturated carbocycles. The zero-order valence-corrected chi connectivity index (χ0v) is 17.6. The largest absolute Gasteiger partial charge is 0.416 e. The van der Waals surface area contributed by atoms with E-state index in [1.165, 1.54) is 30.4 Å². The monoisotopic (exact) mass is 455 g/mol. The third kappa shape index (κ3) is 5.50. The smallest absolute Gasteiger partial charge is 0.330 e. The Labute approximate surface area is 182 Å². The summed E-state index contributed by atoms with van der Waals surface area (Å²) in [5.41, 5.74) is 3.98. The van der Waals surface area contributed by atoms with Gasteiger partial charge in [-0.1, -0.05) is 11.6 Å². The van der Waals surface area contributed by atoms with Gasteiger partial charge in [0.25, 0.3) is 11.8 Å².